The average Bonchev–Trinajstić information content (AvgIpc) is 3.32. The number of halogens is 1. The van der Waals surface area contributed by atoms with E-state index in [1.807, 2.05) is 78.2 Å². The maximum absolute atomic E-state index is 12.5. The van der Waals surface area contributed by atoms with Crippen LogP contribution >= 0.6 is 27.7 Å². The van der Waals surface area contributed by atoms with Crippen molar-refractivity contribution >= 4 is 39.8 Å². The van der Waals surface area contributed by atoms with E-state index in [4.69, 9.17) is 9.47 Å². The number of aryl methyl sites for hydroxylation is 1. The van der Waals surface area contributed by atoms with Crippen molar-refractivity contribution in [3.8, 4) is 28.6 Å². The highest BCUT2D eigenvalue weighted by atomic mass is 79.9. The number of nitrogens with one attached hydrogen (secondary N) is 1. The molecular weight excluding hydrogens is 542 g/mol. The summed E-state index contributed by atoms with van der Waals surface area (Å²) in [5.41, 5.74) is 6.23. The van der Waals surface area contributed by atoms with Gasteiger partial charge in [0.1, 0.15) is 11.5 Å². The molecule has 0 aliphatic carbocycles. The molecule has 3 aromatic carbocycles. The van der Waals surface area contributed by atoms with Gasteiger partial charge in [0, 0.05) is 21.3 Å². The number of amides is 1. The van der Waals surface area contributed by atoms with Crippen molar-refractivity contribution in [2.75, 3.05) is 20.0 Å². The Kier molecular flexibility index (Phi) is 8.40. The van der Waals surface area contributed by atoms with E-state index in [0.29, 0.717) is 16.7 Å². The number of ether oxygens (including phenoxy) is 2. The van der Waals surface area contributed by atoms with Gasteiger partial charge in [-0.2, -0.15) is 5.10 Å². The average molecular weight is 566 g/mol. The Morgan fingerprint density at radius 2 is 1.81 bits per heavy atom. The summed E-state index contributed by atoms with van der Waals surface area (Å²) in [6.45, 7) is 2.03. The lowest BCUT2D eigenvalue weighted by molar-refractivity contribution is -0.118. The summed E-state index contributed by atoms with van der Waals surface area (Å²) in [7, 11) is 3.21. The Hall–Kier alpha value is -3.63. The highest BCUT2D eigenvalue weighted by molar-refractivity contribution is 9.10. The fourth-order valence-electron chi connectivity index (χ4n) is 3.36. The molecule has 1 amide bonds. The molecular formula is C26H24BrN5O3S. The van der Waals surface area contributed by atoms with Gasteiger partial charge in [0.25, 0.3) is 5.91 Å². The van der Waals surface area contributed by atoms with Crippen molar-refractivity contribution in [1.82, 2.24) is 20.2 Å². The van der Waals surface area contributed by atoms with Crippen molar-refractivity contribution < 1.29 is 14.3 Å². The summed E-state index contributed by atoms with van der Waals surface area (Å²) < 4.78 is 13.4. The van der Waals surface area contributed by atoms with E-state index >= 15 is 0 Å². The zero-order valence-corrected chi connectivity index (χ0v) is 22.3. The lowest BCUT2D eigenvalue weighted by Gasteiger charge is -2.11. The molecule has 36 heavy (non-hydrogen) atoms. The van der Waals surface area contributed by atoms with Crippen molar-refractivity contribution in [1.29, 1.82) is 0 Å². The molecule has 1 heterocycles. The van der Waals surface area contributed by atoms with E-state index in [-0.39, 0.29) is 11.7 Å². The number of hydrazone groups is 1. The number of hydrogen-bond donors (Lipinski definition) is 1. The van der Waals surface area contributed by atoms with Gasteiger partial charge >= 0.3 is 0 Å². The first kappa shape index (κ1) is 25.5. The fourth-order valence-corrected chi connectivity index (χ4v) is 4.48. The Labute approximate surface area is 221 Å². The molecule has 184 valence electrons. The summed E-state index contributed by atoms with van der Waals surface area (Å²) >= 11 is 4.70. The number of rotatable bonds is 9. The number of benzene rings is 3. The Bertz CT molecular complexity index is 1370. The van der Waals surface area contributed by atoms with Gasteiger partial charge in [-0.25, -0.2) is 5.43 Å². The highest BCUT2D eigenvalue weighted by Crippen LogP contribution is 2.29. The SMILES string of the molecule is COc1ccc(-n2c(SCC(=O)NN=Cc3cc(Br)ccc3OC)nnc2-c2ccc(C)cc2)cc1. The molecule has 8 nitrogen and oxygen atoms in total. The summed E-state index contributed by atoms with van der Waals surface area (Å²) in [5, 5.41) is 13.4. The van der Waals surface area contributed by atoms with E-state index in [9.17, 15) is 4.79 Å². The third-order valence-electron chi connectivity index (χ3n) is 5.19. The molecule has 0 radical (unpaired) electrons. The molecule has 0 saturated heterocycles. The molecule has 1 aromatic heterocycles. The summed E-state index contributed by atoms with van der Waals surface area (Å²) in [5.74, 6) is 1.92. The fraction of sp³-hybridized carbons (Fsp3) is 0.154. The minimum atomic E-state index is -0.272. The zero-order valence-electron chi connectivity index (χ0n) is 19.9. The van der Waals surface area contributed by atoms with Crippen LogP contribution in [0.4, 0.5) is 0 Å². The van der Waals surface area contributed by atoms with Gasteiger partial charge < -0.3 is 9.47 Å². The van der Waals surface area contributed by atoms with E-state index in [2.05, 4.69) is 36.7 Å². The Morgan fingerprint density at radius 3 is 2.50 bits per heavy atom. The van der Waals surface area contributed by atoms with Crippen LogP contribution in [0.25, 0.3) is 17.1 Å². The van der Waals surface area contributed by atoms with Crippen LogP contribution in [0.2, 0.25) is 0 Å². The molecule has 0 bridgehead atoms. The van der Waals surface area contributed by atoms with Crippen LogP contribution in [0.15, 0.2) is 81.5 Å². The number of nitrogens with zero attached hydrogens (tertiary/aromatic N) is 4. The van der Waals surface area contributed by atoms with Gasteiger partial charge in [-0.05, 0) is 49.4 Å². The number of aromatic nitrogens is 3. The summed E-state index contributed by atoms with van der Waals surface area (Å²) in [4.78, 5) is 12.5. The first-order valence-electron chi connectivity index (χ1n) is 10.9. The minimum absolute atomic E-state index is 0.106. The summed E-state index contributed by atoms with van der Waals surface area (Å²) in [6, 6.07) is 21.2. The number of methoxy groups -OCH3 is 2. The number of hydrogen-bond acceptors (Lipinski definition) is 7. The molecule has 10 heteroatoms. The molecule has 0 unspecified atom stereocenters. The lowest BCUT2D eigenvalue weighted by Crippen LogP contribution is -2.20. The smallest absolute Gasteiger partial charge is 0.250 e. The van der Waals surface area contributed by atoms with E-state index < -0.39 is 0 Å². The van der Waals surface area contributed by atoms with Crippen molar-refractivity contribution in [3.05, 3.63) is 82.3 Å². The molecule has 0 fully saturated rings. The first-order valence-corrected chi connectivity index (χ1v) is 12.7. The minimum Gasteiger partial charge on any atom is -0.497 e. The maximum atomic E-state index is 12.5. The largest absolute Gasteiger partial charge is 0.497 e. The topological polar surface area (TPSA) is 90.6 Å². The maximum Gasteiger partial charge on any atom is 0.250 e. The quantitative estimate of drug-likeness (QED) is 0.169. The van der Waals surface area contributed by atoms with E-state index in [0.717, 1.165) is 32.6 Å². The van der Waals surface area contributed by atoms with Crippen LogP contribution in [0.3, 0.4) is 0 Å². The van der Waals surface area contributed by atoms with Crippen molar-refractivity contribution in [3.63, 3.8) is 0 Å². The number of thioether (sulfide) groups is 1. The third-order valence-corrected chi connectivity index (χ3v) is 6.61. The second kappa shape index (κ2) is 11.9. The van der Waals surface area contributed by atoms with Crippen LogP contribution in [-0.4, -0.2) is 46.9 Å². The van der Waals surface area contributed by atoms with Crippen LogP contribution in [0.5, 0.6) is 11.5 Å². The van der Waals surface area contributed by atoms with Gasteiger partial charge in [-0.15, -0.1) is 10.2 Å². The molecule has 4 aromatic rings. The first-order chi connectivity index (χ1) is 17.5. The molecule has 0 spiro atoms. The van der Waals surface area contributed by atoms with Gasteiger partial charge in [0.15, 0.2) is 11.0 Å². The Morgan fingerprint density at radius 1 is 1.06 bits per heavy atom. The van der Waals surface area contributed by atoms with Crippen LogP contribution in [-0.2, 0) is 4.79 Å². The predicted octanol–water partition coefficient (Wildman–Crippen LogP) is 5.26. The second-order valence-corrected chi connectivity index (χ2v) is 9.53. The molecule has 1 N–H and O–H groups in total. The van der Waals surface area contributed by atoms with E-state index in [1.165, 1.54) is 11.8 Å². The van der Waals surface area contributed by atoms with Gasteiger partial charge in [0.05, 0.1) is 26.2 Å². The molecule has 4 rings (SSSR count). The van der Waals surface area contributed by atoms with Crippen LogP contribution in [0.1, 0.15) is 11.1 Å². The van der Waals surface area contributed by atoms with Gasteiger partial charge in [-0.3, -0.25) is 9.36 Å². The van der Waals surface area contributed by atoms with Crippen molar-refractivity contribution in [2.45, 2.75) is 12.1 Å². The van der Waals surface area contributed by atoms with Gasteiger partial charge in [0.2, 0.25) is 0 Å². The monoisotopic (exact) mass is 565 g/mol. The van der Waals surface area contributed by atoms with Crippen LogP contribution < -0.4 is 14.9 Å². The standard InChI is InChI=1S/C26H24BrN5O3S/c1-17-4-6-18(7-5-17)25-30-31-26(32(25)21-9-11-22(34-2)12-10-21)36-16-24(33)29-28-15-19-14-20(27)8-13-23(19)35-3/h4-15H,16H2,1-3H3,(H,29,33). The molecule has 0 atom stereocenters. The number of carbonyl (C=O) groups excluding carboxylic acids is 1. The lowest BCUT2D eigenvalue weighted by atomic mass is 10.1. The normalized spacial score (nSPS) is 11.0. The van der Waals surface area contributed by atoms with Gasteiger partial charge in [-0.1, -0.05) is 57.5 Å². The van der Waals surface area contributed by atoms with Crippen LogP contribution in [0, 0.1) is 6.92 Å². The highest BCUT2D eigenvalue weighted by Gasteiger charge is 2.17. The van der Waals surface area contributed by atoms with Crippen molar-refractivity contribution in [2.24, 2.45) is 5.10 Å². The summed E-state index contributed by atoms with van der Waals surface area (Å²) in [6.07, 6.45) is 1.54. The molecule has 0 aliphatic rings. The zero-order chi connectivity index (χ0) is 25.5. The Balaban J connectivity index is 1.52. The van der Waals surface area contributed by atoms with E-state index in [1.54, 1.807) is 20.4 Å². The second-order valence-electron chi connectivity index (χ2n) is 7.67. The predicted molar refractivity (Wildman–Crippen MR) is 145 cm³/mol. The molecule has 0 saturated carbocycles. The third kappa shape index (κ3) is 6.13. The molecule has 0 aliphatic heterocycles. The number of carbonyl (C=O) groups is 1.